The zero-order valence-electron chi connectivity index (χ0n) is 9.06. The molecule has 3 nitrogen and oxygen atoms in total. The van der Waals surface area contributed by atoms with E-state index >= 15 is 0 Å². The van der Waals surface area contributed by atoms with Crippen LogP contribution in [0.5, 0.6) is 0 Å². The van der Waals surface area contributed by atoms with Crippen molar-refractivity contribution in [2.24, 2.45) is 10.9 Å². The molecule has 15 heavy (non-hydrogen) atoms. The molecule has 0 saturated heterocycles. The molecule has 1 N–H and O–H groups in total. The molecule has 3 rings (SSSR count). The highest BCUT2D eigenvalue weighted by atomic mass is 16.5. The van der Waals surface area contributed by atoms with E-state index in [0.717, 1.165) is 25.2 Å². The molecule has 2 fully saturated rings. The minimum atomic E-state index is -0.151. The number of aliphatic hydroxyl groups is 1. The molecule has 1 heterocycles. The van der Waals surface area contributed by atoms with E-state index in [1.165, 1.54) is 25.7 Å². The van der Waals surface area contributed by atoms with Gasteiger partial charge in [0.15, 0.2) is 5.90 Å². The van der Waals surface area contributed by atoms with Gasteiger partial charge in [-0.3, -0.25) is 0 Å². The number of aliphatic hydroxyl groups excluding tert-OH is 1. The van der Waals surface area contributed by atoms with Gasteiger partial charge in [-0.2, -0.15) is 0 Å². The summed E-state index contributed by atoms with van der Waals surface area (Å²) in [6, 6.07) is 0.254. The number of ether oxygens (including phenoxy) is 1. The summed E-state index contributed by atoms with van der Waals surface area (Å²) in [5.41, 5.74) is 0. The topological polar surface area (TPSA) is 41.8 Å². The van der Waals surface area contributed by atoms with Crippen molar-refractivity contribution in [2.45, 2.75) is 63.2 Å². The average molecular weight is 209 g/mol. The quantitative estimate of drug-likeness (QED) is 0.716. The van der Waals surface area contributed by atoms with Gasteiger partial charge in [0.2, 0.25) is 0 Å². The van der Waals surface area contributed by atoms with Crippen molar-refractivity contribution < 1.29 is 9.84 Å². The second-order valence-corrected chi connectivity index (χ2v) is 5.14. The number of nitrogens with zero attached hydrogens (tertiary/aromatic N) is 1. The van der Waals surface area contributed by atoms with Crippen LogP contribution in [0.4, 0.5) is 0 Å². The van der Waals surface area contributed by atoms with Crippen LogP contribution in [0.1, 0.15) is 44.9 Å². The summed E-state index contributed by atoms with van der Waals surface area (Å²) >= 11 is 0. The molecular formula is C12H19NO2. The Morgan fingerprint density at radius 1 is 1.13 bits per heavy atom. The zero-order chi connectivity index (χ0) is 10.3. The first-order chi connectivity index (χ1) is 7.33. The van der Waals surface area contributed by atoms with Gasteiger partial charge in [0.25, 0.3) is 0 Å². The standard InChI is InChI=1S/C12H19NO2/c14-9-5-6-11-10(7-9)13-12(15-11)8-3-1-2-4-8/h8-11,14H,1-7H2. The average Bonchev–Trinajstić information content (AvgIpc) is 2.84. The summed E-state index contributed by atoms with van der Waals surface area (Å²) in [7, 11) is 0. The highest BCUT2D eigenvalue weighted by molar-refractivity contribution is 5.81. The summed E-state index contributed by atoms with van der Waals surface area (Å²) < 4.78 is 5.94. The van der Waals surface area contributed by atoms with Gasteiger partial charge in [-0.05, 0) is 32.1 Å². The highest BCUT2D eigenvalue weighted by Gasteiger charge is 2.38. The Labute approximate surface area is 90.5 Å². The Hall–Kier alpha value is -0.570. The van der Waals surface area contributed by atoms with Gasteiger partial charge in [0.1, 0.15) is 6.10 Å². The van der Waals surface area contributed by atoms with E-state index in [9.17, 15) is 5.11 Å². The van der Waals surface area contributed by atoms with Crippen LogP contribution in [0.3, 0.4) is 0 Å². The van der Waals surface area contributed by atoms with Crippen molar-refractivity contribution in [3.05, 3.63) is 0 Å². The van der Waals surface area contributed by atoms with Crippen LogP contribution in [0, 0.1) is 5.92 Å². The lowest BCUT2D eigenvalue weighted by Crippen LogP contribution is -2.33. The minimum absolute atomic E-state index is 0.151. The van der Waals surface area contributed by atoms with Crippen molar-refractivity contribution in [3.63, 3.8) is 0 Å². The molecule has 3 atom stereocenters. The predicted octanol–water partition coefficient (Wildman–Crippen LogP) is 1.89. The van der Waals surface area contributed by atoms with Crippen LogP contribution in [-0.4, -0.2) is 29.3 Å². The number of fused-ring (bicyclic) bond motifs is 1. The zero-order valence-corrected chi connectivity index (χ0v) is 9.06. The summed E-state index contributed by atoms with van der Waals surface area (Å²) in [6.45, 7) is 0. The first-order valence-electron chi connectivity index (χ1n) is 6.25. The molecule has 0 bridgehead atoms. The monoisotopic (exact) mass is 209 g/mol. The lowest BCUT2D eigenvalue weighted by atomic mass is 9.91. The highest BCUT2D eigenvalue weighted by Crippen LogP contribution is 2.34. The Morgan fingerprint density at radius 3 is 2.73 bits per heavy atom. The van der Waals surface area contributed by atoms with E-state index in [1.807, 2.05) is 0 Å². The molecule has 0 aromatic carbocycles. The molecule has 84 valence electrons. The van der Waals surface area contributed by atoms with Crippen molar-refractivity contribution in [1.82, 2.24) is 0 Å². The first kappa shape index (κ1) is 9.64. The summed E-state index contributed by atoms with van der Waals surface area (Å²) in [6.07, 6.45) is 7.95. The molecule has 0 spiro atoms. The fourth-order valence-electron chi connectivity index (χ4n) is 3.09. The third-order valence-corrected chi connectivity index (χ3v) is 4.00. The Kier molecular flexibility index (Phi) is 2.43. The molecule has 3 unspecified atom stereocenters. The van der Waals surface area contributed by atoms with E-state index in [4.69, 9.17) is 4.74 Å². The molecule has 3 aliphatic rings. The van der Waals surface area contributed by atoms with Crippen molar-refractivity contribution >= 4 is 5.90 Å². The Morgan fingerprint density at radius 2 is 1.93 bits per heavy atom. The summed E-state index contributed by atoms with van der Waals surface area (Å²) in [4.78, 5) is 4.68. The van der Waals surface area contributed by atoms with E-state index in [0.29, 0.717) is 5.92 Å². The van der Waals surface area contributed by atoms with E-state index < -0.39 is 0 Å². The molecule has 0 radical (unpaired) electrons. The second-order valence-electron chi connectivity index (χ2n) is 5.14. The fourth-order valence-corrected chi connectivity index (χ4v) is 3.09. The van der Waals surface area contributed by atoms with E-state index in [2.05, 4.69) is 4.99 Å². The van der Waals surface area contributed by atoms with Gasteiger partial charge < -0.3 is 9.84 Å². The molecular weight excluding hydrogens is 190 g/mol. The number of hydrogen-bond donors (Lipinski definition) is 1. The maximum absolute atomic E-state index is 9.58. The number of hydrogen-bond acceptors (Lipinski definition) is 3. The third-order valence-electron chi connectivity index (χ3n) is 4.00. The SMILES string of the molecule is OC1CCC2OC(C3CCCC3)=NC2C1. The van der Waals surface area contributed by atoms with Crippen molar-refractivity contribution in [1.29, 1.82) is 0 Å². The third kappa shape index (κ3) is 1.78. The first-order valence-corrected chi connectivity index (χ1v) is 6.25. The van der Waals surface area contributed by atoms with Crippen molar-refractivity contribution in [3.8, 4) is 0 Å². The molecule has 0 aromatic heterocycles. The lowest BCUT2D eigenvalue weighted by Gasteiger charge is -2.26. The fraction of sp³-hybridized carbons (Fsp3) is 0.917. The molecule has 1 aliphatic heterocycles. The smallest absolute Gasteiger partial charge is 0.187 e. The van der Waals surface area contributed by atoms with Crippen LogP contribution in [-0.2, 0) is 4.74 Å². The van der Waals surface area contributed by atoms with Crippen LogP contribution in [0.2, 0.25) is 0 Å². The van der Waals surface area contributed by atoms with E-state index in [-0.39, 0.29) is 18.2 Å². The lowest BCUT2D eigenvalue weighted by molar-refractivity contribution is 0.0601. The van der Waals surface area contributed by atoms with Crippen molar-refractivity contribution in [2.75, 3.05) is 0 Å². The van der Waals surface area contributed by atoms with Gasteiger partial charge in [-0.15, -0.1) is 0 Å². The molecule has 0 aromatic rings. The predicted molar refractivity (Wildman–Crippen MR) is 57.9 cm³/mol. The van der Waals surface area contributed by atoms with E-state index in [1.54, 1.807) is 0 Å². The van der Waals surface area contributed by atoms with Gasteiger partial charge >= 0.3 is 0 Å². The number of aliphatic imine (C=N–C) groups is 1. The van der Waals surface area contributed by atoms with Crippen LogP contribution < -0.4 is 0 Å². The van der Waals surface area contributed by atoms with Crippen LogP contribution in [0.15, 0.2) is 4.99 Å². The Bertz CT molecular complexity index is 271. The molecule has 2 aliphatic carbocycles. The van der Waals surface area contributed by atoms with Gasteiger partial charge in [-0.1, -0.05) is 12.8 Å². The molecule has 3 heteroatoms. The number of rotatable bonds is 1. The van der Waals surface area contributed by atoms with Gasteiger partial charge in [-0.25, -0.2) is 4.99 Å². The molecule has 2 saturated carbocycles. The maximum Gasteiger partial charge on any atom is 0.187 e. The maximum atomic E-state index is 9.58. The molecule has 0 amide bonds. The second kappa shape index (κ2) is 3.78. The van der Waals surface area contributed by atoms with Gasteiger partial charge in [0.05, 0.1) is 12.1 Å². The summed E-state index contributed by atoms with van der Waals surface area (Å²) in [5, 5.41) is 9.58. The summed E-state index contributed by atoms with van der Waals surface area (Å²) in [5.74, 6) is 1.60. The van der Waals surface area contributed by atoms with Gasteiger partial charge in [0, 0.05) is 5.92 Å². The van der Waals surface area contributed by atoms with Crippen LogP contribution >= 0.6 is 0 Å². The minimum Gasteiger partial charge on any atom is -0.475 e. The largest absolute Gasteiger partial charge is 0.475 e. The Balaban J connectivity index is 1.69. The normalized spacial score (nSPS) is 41.1. The van der Waals surface area contributed by atoms with Crippen LogP contribution in [0.25, 0.3) is 0 Å².